The number of methoxy groups -OCH3 is 1. The minimum atomic E-state index is -4.18. The van der Waals surface area contributed by atoms with E-state index in [0.29, 0.717) is 12.3 Å². The Morgan fingerprint density at radius 3 is 2.21 bits per heavy atom. The van der Waals surface area contributed by atoms with Gasteiger partial charge in [0.2, 0.25) is 11.8 Å². The van der Waals surface area contributed by atoms with Crippen LogP contribution in [-0.2, 0) is 26.2 Å². The molecule has 0 bridgehead atoms. The number of likely N-dealkylation sites (N-methyl/N-ethyl adjacent to an activating group) is 1. The molecule has 0 aliphatic heterocycles. The molecule has 3 rings (SSSR count). The Hall–Kier alpha value is -3.56. The Bertz CT molecular complexity index is 1360. The summed E-state index contributed by atoms with van der Waals surface area (Å²) in [6.45, 7) is 5.17. The summed E-state index contributed by atoms with van der Waals surface area (Å²) in [5.74, 6) is -0.257. The normalized spacial score (nSPS) is 11.9. The lowest BCUT2D eigenvalue weighted by atomic mass is 10.1. The number of anilines is 1. The van der Waals surface area contributed by atoms with Gasteiger partial charge in [0.1, 0.15) is 18.3 Å². The number of nitrogens with zero attached hydrogens (tertiary/aromatic N) is 2. The predicted octanol–water partition coefficient (Wildman–Crippen LogP) is 4.41. The summed E-state index contributed by atoms with van der Waals surface area (Å²) in [4.78, 5) is 28.0. The summed E-state index contributed by atoms with van der Waals surface area (Å²) in [5.41, 5.74) is 1.81. The number of carbonyl (C=O) groups is 2. The van der Waals surface area contributed by atoms with Gasteiger partial charge in [0, 0.05) is 13.1 Å². The molecule has 202 valence electrons. The molecule has 8 nitrogen and oxygen atoms in total. The van der Waals surface area contributed by atoms with E-state index in [0.717, 1.165) is 15.4 Å². The molecule has 1 N–H and O–H groups in total. The van der Waals surface area contributed by atoms with Crippen LogP contribution in [0.2, 0.25) is 5.02 Å². The number of hydrogen-bond donors (Lipinski definition) is 1. The zero-order chi connectivity index (χ0) is 27.9. The number of ether oxygens (including phenoxy) is 1. The zero-order valence-electron chi connectivity index (χ0n) is 21.8. The standard InChI is InChI=1S/C28H32ClN3O5S/c1-5-30-28(34)21(3)31(18-22-12-14-23(37-4)15-13-22)27(33)19-32(26-9-7-6-8-25(26)29)38(35,36)24-16-10-20(2)11-17-24/h6-17,21H,5,18-19H2,1-4H3,(H,30,34)/t21-/m1/s1. The second-order valence-corrected chi connectivity index (χ2v) is 11.0. The van der Waals surface area contributed by atoms with Crippen molar-refractivity contribution in [3.05, 3.63) is 88.9 Å². The van der Waals surface area contributed by atoms with Gasteiger partial charge in [-0.05, 0) is 62.7 Å². The van der Waals surface area contributed by atoms with Crippen LogP contribution in [0.25, 0.3) is 0 Å². The number of benzene rings is 3. The highest BCUT2D eigenvalue weighted by Gasteiger charge is 2.33. The second-order valence-electron chi connectivity index (χ2n) is 8.72. The number of rotatable bonds is 11. The van der Waals surface area contributed by atoms with Gasteiger partial charge in [0.05, 0.1) is 22.7 Å². The Morgan fingerprint density at radius 1 is 1.00 bits per heavy atom. The quantitative estimate of drug-likeness (QED) is 0.377. The molecule has 10 heteroatoms. The summed E-state index contributed by atoms with van der Waals surface area (Å²) in [7, 11) is -2.62. The van der Waals surface area contributed by atoms with Crippen molar-refractivity contribution in [2.75, 3.05) is 24.5 Å². The molecule has 38 heavy (non-hydrogen) atoms. The number of sulfonamides is 1. The third-order valence-electron chi connectivity index (χ3n) is 6.04. The van der Waals surface area contributed by atoms with Crippen molar-refractivity contribution in [1.82, 2.24) is 10.2 Å². The number of amides is 2. The van der Waals surface area contributed by atoms with Crippen LogP contribution in [-0.4, -0.2) is 51.4 Å². The highest BCUT2D eigenvalue weighted by Crippen LogP contribution is 2.31. The lowest BCUT2D eigenvalue weighted by molar-refractivity contribution is -0.139. The van der Waals surface area contributed by atoms with E-state index in [1.807, 2.05) is 6.92 Å². The summed E-state index contributed by atoms with van der Waals surface area (Å²) in [6, 6.07) is 19.0. The van der Waals surface area contributed by atoms with Gasteiger partial charge in [-0.2, -0.15) is 0 Å². The van der Waals surface area contributed by atoms with E-state index in [4.69, 9.17) is 16.3 Å². The molecule has 0 saturated carbocycles. The molecule has 0 radical (unpaired) electrons. The van der Waals surface area contributed by atoms with Crippen molar-refractivity contribution in [2.45, 2.75) is 38.3 Å². The lowest BCUT2D eigenvalue weighted by Crippen LogP contribution is -2.51. The molecule has 0 saturated heterocycles. The fraction of sp³-hybridized carbons (Fsp3) is 0.286. The summed E-state index contributed by atoms with van der Waals surface area (Å²) < 4.78 is 33.8. The van der Waals surface area contributed by atoms with Crippen LogP contribution in [0.15, 0.2) is 77.7 Å². The highest BCUT2D eigenvalue weighted by molar-refractivity contribution is 7.92. The number of halogens is 1. The Labute approximate surface area is 229 Å². The van der Waals surface area contributed by atoms with Crippen molar-refractivity contribution in [3.63, 3.8) is 0 Å². The van der Waals surface area contributed by atoms with Gasteiger partial charge in [-0.15, -0.1) is 0 Å². The molecule has 0 aliphatic carbocycles. The van der Waals surface area contributed by atoms with Gasteiger partial charge in [-0.3, -0.25) is 13.9 Å². The first kappa shape index (κ1) is 29.0. The summed E-state index contributed by atoms with van der Waals surface area (Å²) in [5, 5.41) is 2.91. The van der Waals surface area contributed by atoms with Crippen LogP contribution in [0.4, 0.5) is 5.69 Å². The van der Waals surface area contributed by atoms with E-state index in [1.165, 1.54) is 17.0 Å². The van der Waals surface area contributed by atoms with E-state index in [9.17, 15) is 18.0 Å². The Balaban J connectivity index is 2.03. The average Bonchev–Trinajstić information content (AvgIpc) is 2.91. The maximum atomic E-state index is 13.8. The molecule has 0 fully saturated rings. The number of carbonyl (C=O) groups excluding carboxylic acids is 2. The van der Waals surface area contributed by atoms with Gasteiger partial charge in [0.25, 0.3) is 10.0 Å². The number of aryl methyl sites for hydroxylation is 1. The van der Waals surface area contributed by atoms with Crippen molar-refractivity contribution >= 4 is 39.1 Å². The number of para-hydroxylation sites is 1. The van der Waals surface area contributed by atoms with E-state index < -0.39 is 28.5 Å². The van der Waals surface area contributed by atoms with Crippen LogP contribution >= 0.6 is 11.6 Å². The molecular weight excluding hydrogens is 526 g/mol. The molecule has 3 aromatic carbocycles. The highest BCUT2D eigenvalue weighted by atomic mass is 35.5. The molecule has 3 aromatic rings. The fourth-order valence-corrected chi connectivity index (χ4v) is 5.56. The van der Waals surface area contributed by atoms with Crippen molar-refractivity contribution in [1.29, 1.82) is 0 Å². The molecule has 0 aromatic heterocycles. The number of nitrogens with one attached hydrogen (secondary N) is 1. The van der Waals surface area contributed by atoms with Crippen LogP contribution in [0.3, 0.4) is 0 Å². The van der Waals surface area contributed by atoms with Crippen LogP contribution in [0, 0.1) is 6.92 Å². The largest absolute Gasteiger partial charge is 0.497 e. The van der Waals surface area contributed by atoms with Gasteiger partial charge < -0.3 is 15.0 Å². The van der Waals surface area contributed by atoms with Gasteiger partial charge in [-0.25, -0.2) is 8.42 Å². The van der Waals surface area contributed by atoms with E-state index in [1.54, 1.807) is 81.6 Å². The van der Waals surface area contributed by atoms with E-state index in [2.05, 4.69) is 5.32 Å². The van der Waals surface area contributed by atoms with Crippen LogP contribution in [0.5, 0.6) is 5.75 Å². The van der Waals surface area contributed by atoms with E-state index >= 15 is 0 Å². The fourth-order valence-electron chi connectivity index (χ4n) is 3.84. The third-order valence-corrected chi connectivity index (χ3v) is 8.13. The first-order valence-electron chi connectivity index (χ1n) is 12.1. The minimum Gasteiger partial charge on any atom is -0.497 e. The van der Waals surface area contributed by atoms with Crippen molar-refractivity contribution in [3.8, 4) is 5.75 Å². The minimum absolute atomic E-state index is 0.0225. The molecule has 0 unspecified atom stereocenters. The predicted molar refractivity (Wildman–Crippen MR) is 149 cm³/mol. The summed E-state index contributed by atoms with van der Waals surface area (Å²) >= 11 is 6.41. The first-order valence-corrected chi connectivity index (χ1v) is 13.9. The monoisotopic (exact) mass is 557 g/mol. The maximum absolute atomic E-state index is 13.8. The van der Waals surface area contributed by atoms with Crippen LogP contribution < -0.4 is 14.4 Å². The average molecular weight is 558 g/mol. The van der Waals surface area contributed by atoms with Crippen molar-refractivity contribution < 1.29 is 22.7 Å². The smallest absolute Gasteiger partial charge is 0.264 e. The Morgan fingerprint density at radius 2 is 1.63 bits per heavy atom. The maximum Gasteiger partial charge on any atom is 0.264 e. The Kier molecular flexibility index (Phi) is 9.77. The van der Waals surface area contributed by atoms with Gasteiger partial charge in [0.15, 0.2) is 0 Å². The molecule has 1 atom stereocenters. The van der Waals surface area contributed by atoms with Gasteiger partial charge >= 0.3 is 0 Å². The topological polar surface area (TPSA) is 96.0 Å². The molecule has 2 amide bonds. The third kappa shape index (κ3) is 6.85. The molecule has 0 heterocycles. The lowest BCUT2D eigenvalue weighted by Gasteiger charge is -2.32. The van der Waals surface area contributed by atoms with Gasteiger partial charge in [-0.1, -0.05) is 53.6 Å². The van der Waals surface area contributed by atoms with E-state index in [-0.39, 0.29) is 28.1 Å². The molecular formula is C28H32ClN3O5S. The first-order chi connectivity index (χ1) is 18.1. The van der Waals surface area contributed by atoms with Crippen molar-refractivity contribution in [2.24, 2.45) is 0 Å². The molecule has 0 spiro atoms. The summed E-state index contributed by atoms with van der Waals surface area (Å²) in [6.07, 6.45) is 0. The molecule has 0 aliphatic rings. The second kappa shape index (κ2) is 12.8. The number of hydrogen-bond acceptors (Lipinski definition) is 5. The van der Waals surface area contributed by atoms with Crippen LogP contribution in [0.1, 0.15) is 25.0 Å². The zero-order valence-corrected chi connectivity index (χ0v) is 23.4. The SMILES string of the molecule is CCNC(=O)[C@@H](C)N(Cc1ccc(OC)cc1)C(=O)CN(c1ccccc1Cl)S(=O)(=O)c1ccc(C)cc1.